The number of hydrogen-bond donors (Lipinski definition) is 2. The molecular weight excluding hydrogens is 364 g/mol. The van der Waals surface area contributed by atoms with Gasteiger partial charge in [-0.25, -0.2) is 0 Å². The van der Waals surface area contributed by atoms with Crippen molar-refractivity contribution < 1.29 is 22.8 Å². The maximum Gasteiger partial charge on any atom is 0.503 e. The maximum absolute atomic E-state index is 11.9. The van der Waals surface area contributed by atoms with Crippen LogP contribution in [0, 0.1) is 0 Å². The van der Waals surface area contributed by atoms with Crippen molar-refractivity contribution in [1.82, 2.24) is 5.32 Å². The van der Waals surface area contributed by atoms with Crippen molar-refractivity contribution in [2.45, 2.75) is 38.0 Å². The highest BCUT2D eigenvalue weighted by Gasteiger charge is 2.49. The number of benzene rings is 1. The van der Waals surface area contributed by atoms with E-state index in [0.29, 0.717) is 25.4 Å². The zero-order valence-corrected chi connectivity index (χ0v) is 17.5. The molecule has 27 heavy (non-hydrogen) atoms. The zero-order chi connectivity index (χ0) is 20.2. The molecule has 1 rings (SSSR count). The van der Waals surface area contributed by atoms with Gasteiger partial charge in [0.15, 0.2) is 0 Å². The van der Waals surface area contributed by atoms with Crippen molar-refractivity contribution in [2.24, 2.45) is 5.73 Å². The normalized spacial score (nSPS) is 13.6. The number of nitrogens with two attached hydrogens (primary N) is 1. The molecule has 0 radical (unpaired) electrons. The summed E-state index contributed by atoms with van der Waals surface area (Å²) in [4.78, 5) is 11.9. The molecule has 0 aliphatic carbocycles. The number of ether oxygens (including phenoxy) is 1. The average molecular weight is 397 g/mol. The van der Waals surface area contributed by atoms with E-state index in [1.165, 1.54) is 6.92 Å². The van der Waals surface area contributed by atoms with E-state index in [2.05, 4.69) is 11.9 Å². The number of esters is 1. The minimum atomic E-state index is -3.09. The molecule has 0 spiro atoms. The first kappa shape index (κ1) is 23.3. The van der Waals surface area contributed by atoms with Crippen LogP contribution in [0.3, 0.4) is 0 Å². The van der Waals surface area contributed by atoms with E-state index in [0.717, 1.165) is 12.0 Å². The zero-order valence-electron chi connectivity index (χ0n) is 16.5. The lowest BCUT2D eigenvalue weighted by molar-refractivity contribution is -0.212. The van der Waals surface area contributed by atoms with Crippen molar-refractivity contribution in [3.8, 4) is 0 Å². The summed E-state index contributed by atoms with van der Waals surface area (Å²) in [5.74, 6) is -1.69. The molecule has 0 aliphatic heterocycles. The third-order valence-corrected chi connectivity index (χ3v) is 6.98. The van der Waals surface area contributed by atoms with Gasteiger partial charge in [0.2, 0.25) is 5.79 Å². The first-order valence-corrected chi connectivity index (χ1v) is 11.0. The lowest BCUT2D eigenvalue weighted by Crippen LogP contribution is -2.55. The second-order valence-electron chi connectivity index (χ2n) is 6.16. The monoisotopic (exact) mass is 396 g/mol. The van der Waals surface area contributed by atoms with Crippen LogP contribution in [0.25, 0.3) is 0 Å². The predicted octanol–water partition coefficient (Wildman–Crippen LogP) is 2.21. The van der Waals surface area contributed by atoms with Gasteiger partial charge in [-0.15, -0.1) is 0 Å². The van der Waals surface area contributed by atoms with Crippen LogP contribution in [-0.2, 0) is 29.2 Å². The molecule has 7 nitrogen and oxygen atoms in total. The summed E-state index contributed by atoms with van der Waals surface area (Å²) in [6.07, 6.45) is 3.07. The Morgan fingerprint density at radius 1 is 1.30 bits per heavy atom. The van der Waals surface area contributed by atoms with E-state index >= 15 is 0 Å². The molecule has 152 valence electrons. The Kier molecular flexibility index (Phi) is 10.3. The quantitative estimate of drug-likeness (QED) is 0.216. The Morgan fingerprint density at radius 3 is 2.48 bits per heavy atom. The van der Waals surface area contributed by atoms with Gasteiger partial charge in [0.05, 0.1) is 0 Å². The Balaban J connectivity index is 3.12. The highest BCUT2D eigenvalue weighted by Crippen LogP contribution is 2.31. The van der Waals surface area contributed by atoms with E-state index in [9.17, 15) is 4.79 Å². The van der Waals surface area contributed by atoms with Crippen molar-refractivity contribution in [3.63, 3.8) is 0 Å². The standard InChI is InChI=1S/C19H32N2O5Si/c1-5-21-14-9-15-27(23-3,24-4)26-19(12-13-20,25-17(2)22)16-18-10-7-6-8-11-18/h5-8,10-11,21H,1,9,12-16,20H2,2-4H3. The molecule has 0 fully saturated rings. The molecule has 0 amide bonds. The van der Waals surface area contributed by atoms with Gasteiger partial charge in [-0.05, 0) is 24.7 Å². The summed E-state index contributed by atoms with van der Waals surface area (Å²) < 4.78 is 23.4. The van der Waals surface area contributed by atoms with Crippen molar-refractivity contribution >= 4 is 14.8 Å². The van der Waals surface area contributed by atoms with Gasteiger partial charge in [0.1, 0.15) is 0 Å². The van der Waals surface area contributed by atoms with E-state index in [4.69, 9.17) is 23.7 Å². The van der Waals surface area contributed by atoms with Crippen LogP contribution in [0.2, 0.25) is 6.04 Å². The Labute approximate surface area is 163 Å². The molecule has 1 aromatic carbocycles. The molecule has 1 atom stereocenters. The van der Waals surface area contributed by atoms with Gasteiger partial charge in [0.25, 0.3) is 0 Å². The van der Waals surface area contributed by atoms with E-state index in [1.54, 1.807) is 20.4 Å². The number of rotatable bonds is 14. The van der Waals surface area contributed by atoms with Gasteiger partial charge < -0.3 is 29.1 Å². The fourth-order valence-electron chi connectivity index (χ4n) is 2.89. The second-order valence-corrected chi connectivity index (χ2v) is 9.05. The van der Waals surface area contributed by atoms with Crippen LogP contribution in [0.5, 0.6) is 0 Å². The van der Waals surface area contributed by atoms with Crippen LogP contribution in [0.15, 0.2) is 43.1 Å². The maximum atomic E-state index is 11.9. The lowest BCUT2D eigenvalue weighted by atomic mass is 10.0. The molecule has 1 unspecified atom stereocenters. The highest BCUT2D eigenvalue weighted by molar-refractivity contribution is 6.60. The highest BCUT2D eigenvalue weighted by atomic mass is 28.4. The fraction of sp³-hybridized carbons (Fsp3) is 0.526. The third-order valence-electron chi connectivity index (χ3n) is 4.08. The van der Waals surface area contributed by atoms with Gasteiger partial charge in [-0.1, -0.05) is 36.9 Å². The van der Waals surface area contributed by atoms with Gasteiger partial charge in [0, 0.05) is 46.6 Å². The van der Waals surface area contributed by atoms with Crippen molar-refractivity contribution in [1.29, 1.82) is 0 Å². The van der Waals surface area contributed by atoms with Crippen LogP contribution in [0.1, 0.15) is 25.3 Å². The number of carbonyl (C=O) groups excluding carboxylic acids is 1. The van der Waals surface area contributed by atoms with Crippen molar-refractivity contribution in [3.05, 3.63) is 48.7 Å². The summed E-state index contributed by atoms with van der Waals surface area (Å²) >= 11 is 0. The predicted molar refractivity (Wildman–Crippen MR) is 107 cm³/mol. The molecule has 0 aromatic heterocycles. The summed E-state index contributed by atoms with van der Waals surface area (Å²) in [6, 6.07) is 10.2. The van der Waals surface area contributed by atoms with Crippen LogP contribution >= 0.6 is 0 Å². The summed E-state index contributed by atoms with van der Waals surface area (Å²) in [5, 5.41) is 3.04. The first-order valence-electron chi connectivity index (χ1n) is 9.03. The fourth-order valence-corrected chi connectivity index (χ4v) is 5.12. The summed E-state index contributed by atoms with van der Waals surface area (Å²) in [6.45, 7) is 5.99. The van der Waals surface area contributed by atoms with Crippen LogP contribution in [-0.4, -0.2) is 47.9 Å². The van der Waals surface area contributed by atoms with Crippen LogP contribution in [0.4, 0.5) is 0 Å². The Bertz CT molecular complexity index is 568. The minimum Gasteiger partial charge on any atom is -0.434 e. The Hall–Kier alpha value is -1.71. The van der Waals surface area contributed by atoms with E-state index in [1.807, 2.05) is 30.3 Å². The number of carbonyl (C=O) groups is 1. The molecule has 3 N–H and O–H groups in total. The van der Waals surface area contributed by atoms with Crippen molar-refractivity contribution in [2.75, 3.05) is 27.3 Å². The summed E-state index contributed by atoms with van der Waals surface area (Å²) in [5.41, 5.74) is 6.80. The lowest BCUT2D eigenvalue weighted by Gasteiger charge is -2.39. The van der Waals surface area contributed by atoms with Gasteiger partial charge in [-0.2, -0.15) is 0 Å². The third kappa shape index (κ3) is 7.82. The topological polar surface area (TPSA) is 92.0 Å². The SMILES string of the molecule is C=CNCCC[Si](OC)(OC)OC(CCN)(Cc1ccccc1)OC(C)=O. The molecule has 0 bridgehead atoms. The van der Waals surface area contributed by atoms with Crippen LogP contribution < -0.4 is 11.1 Å². The molecule has 8 heteroatoms. The molecule has 0 heterocycles. The molecule has 0 saturated heterocycles. The van der Waals surface area contributed by atoms with E-state index in [-0.39, 0.29) is 6.54 Å². The smallest absolute Gasteiger partial charge is 0.434 e. The average Bonchev–Trinajstić information content (AvgIpc) is 2.65. The number of hydrogen-bond acceptors (Lipinski definition) is 7. The summed E-state index contributed by atoms with van der Waals surface area (Å²) in [7, 11) is 0.0175. The molecule has 1 aromatic rings. The molecular formula is C19H32N2O5Si. The number of nitrogens with one attached hydrogen (secondary N) is 1. The largest absolute Gasteiger partial charge is 0.503 e. The van der Waals surface area contributed by atoms with Gasteiger partial charge >= 0.3 is 14.8 Å². The molecule has 0 aliphatic rings. The second kappa shape index (κ2) is 11.9. The minimum absolute atomic E-state index is 0.288. The van der Waals surface area contributed by atoms with Gasteiger partial charge in [-0.3, -0.25) is 4.79 Å². The Morgan fingerprint density at radius 2 is 1.96 bits per heavy atom. The van der Waals surface area contributed by atoms with E-state index < -0.39 is 20.6 Å². The molecule has 0 saturated carbocycles. The first-order chi connectivity index (χ1) is 12.9.